The highest BCUT2D eigenvalue weighted by atomic mass is 19.1. The molecule has 1 N–H and O–H groups in total. The van der Waals surface area contributed by atoms with Crippen molar-refractivity contribution in [2.75, 3.05) is 0 Å². The Balaban J connectivity index is 1.68. The molecule has 4 rings (SSSR count). The highest BCUT2D eigenvalue weighted by Crippen LogP contribution is 2.31. The Labute approximate surface area is 187 Å². The highest BCUT2D eigenvalue weighted by molar-refractivity contribution is 5.97. The van der Waals surface area contributed by atoms with Crippen molar-refractivity contribution in [2.45, 2.75) is 58.6 Å². The van der Waals surface area contributed by atoms with Gasteiger partial charge in [-0.05, 0) is 86.4 Å². The first-order valence-corrected chi connectivity index (χ1v) is 10.8. The summed E-state index contributed by atoms with van der Waals surface area (Å²) in [5, 5.41) is 4.62. The van der Waals surface area contributed by atoms with Gasteiger partial charge in [-0.25, -0.2) is 4.39 Å². The summed E-state index contributed by atoms with van der Waals surface area (Å²) >= 11 is 0. The van der Waals surface area contributed by atoms with E-state index >= 15 is 0 Å². The maximum atomic E-state index is 14.7. The second-order valence-corrected chi connectivity index (χ2v) is 9.38. The lowest BCUT2D eigenvalue weighted by atomic mass is 9.94. The molecule has 1 amide bonds. The van der Waals surface area contributed by atoms with Crippen molar-refractivity contribution in [3.63, 3.8) is 0 Å². The normalized spacial score (nSPS) is 13.8. The minimum Gasteiger partial charge on any atom is -0.460 e. The molecule has 2 aromatic carbocycles. The lowest BCUT2D eigenvalue weighted by Gasteiger charge is -2.19. The molecule has 0 unspecified atom stereocenters. The van der Waals surface area contributed by atoms with Crippen LogP contribution in [0.25, 0.3) is 21.9 Å². The summed E-state index contributed by atoms with van der Waals surface area (Å²) in [6.45, 7) is 7.20. The molecule has 1 fully saturated rings. The number of halogens is 1. The Hall–Kier alpha value is -3.28. The summed E-state index contributed by atoms with van der Waals surface area (Å²) in [5.41, 5.74) is 2.44. The van der Waals surface area contributed by atoms with Crippen molar-refractivity contribution >= 4 is 22.6 Å². The van der Waals surface area contributed by atoms with E-state index in [-0.39, 0.29) is 24.3 Å². The van der Waals surface area contributed by atoms with E-state index in [0.29, 0.717) is 16.7 Å². The molecule has 0 saturated heterocycles. The van der Waals surface area contributed by atoms with E-state index in [1.807, 2.05) is 39.0 Å². The Bertz CT molecular complexity index is 1210. The van der Waals surface area contributed by atoms with Gasteiger partial charge < -0.3 is 10.1 Å². The number of ether oxygens (including phenoxy) is 1. The van der Waals surface area contributed by atoms with Crippen LogP contribution in [0.5, 0.6) is 0 Å². The number of carbonyl (C=O) groups is 2. The van der Waals surface area contributed by atoms with Gasteiger partial charge in [0.05, 0.1) is 6.42 Å². The number of pyridine rings is 1. The number of hydrogen-bond donors (Lipinski definition) is 1. The number of carbonyl (C=O) groups excluding carboxylic acids is 2. The van der Waals surface area contributed by atoms with E-state index in [2.05, 4.69) is 10.3 Å². The summed E-state index contributed by atoms with van der Waals surface area (Å²) in [7, 11) is 0. The summed E-state index contributed by atoms with van der Waals surface area (Å²) in [6.07, 6.45) is 5.43. The molecule has 1 aliphatic rings. The van der Waals surface area contributed by atoms with Crippen LogP contribution in [-0.2, 0) is 16.0 Å². The fraction of sp³-hybridized carbons (Fsp3) is 0.346. The van der Waals surface area contributed by atoms with E-state index < -0.39 is 11.4 Å². The smallest absolute Gasteiger partial charge is 0.310 e. The predicted octanol–water partition coefficient (Wildman–Crippen LogP) is 5.13. The molecule has 1 aliphatic carbocycles. The van der Waals surface area contributed by atoms with Crippen molar-refractivity contribution in [3.8, 4) is 11.1 Å². The number of aromatic nitrogens is 1. The number of hydrogen-bond acceptors (Lipinski definition) is 4. The first-order chi connectivity index (χ1) is 15.1. The summed E-state index contributed by atoms with van der Waals surface area (Å²) in [6, 6.07) is 8.91. The molecule has 0 atom stereocenters. The first-order valence-electron chi connectivity index (χ1n) is 10.8. The van der Waals surface area contributed by atoms with Crippen LogP contribution in [-0.4, -0.2) is 28.5 Å². The van der Waals surface area contributed by atoms with Crippen LogP contribution in [0.4, 0.5) is 4.39 Å². The molecule has 32 heavy (non-hydrogen) atoms. The summed E-state index contributed by atoms with van der Waals surface area (Å²) in [4.78, 5) is 29.0. The van der Waals surface area contributed by atoms with Crippen molar-refractivity contribution in [3.05, 3.63) is 65.2 Å². The average Bonchev–Trinajstić information content (AvgIpc) is 3.52. The molecule has 3 aromatic rings. The lowest BCUT2D eigenvalue weighted by molar-refractivity contribution is -0.153. The second kappa shape index (κ2) is 8.34. The standard InChI is InChI=1S/C26H27FN2O3/c1-15-22(10-17(11-23(15)27)25(31)29-20-6-7-20)16-5-8-21-18(9-16)13-28-14-19(21)12-24(30)32-26(2,3)4/h5,8-11,13-14,20H,6-7,12H2,1-4H3,(H,29,31). The first kappa shape index (κ1) is 21.9. The Morgan fingerprint density at radius 3 is 2.59 bits per heavy atom. The maximum absolute atomic E-state index is 14.7. The fourth-order valence-corrected chi connectivity index (χ4v) is 3.69. The predicted molar refractivity (Wildman–Crippen MR) is 122 cm³/mol. The molecule has 5 nitrogen and oxygen atoms in total. The van der Waals surface area contributed by atoms with Gasteiger partial charge in [-0.3, -0.25) is 14.6 Å². The quantitative estimate of drug-likeness (QED) is 0.566. The van der Waals surface area contributed by atoms with Gasteiger partial charge in [0, 0.05) is 29.4 Å². The van der Waals surface area contributed by atoms with Crippen LogP contribution in [0.2, 0.25) is 0 Å². The van der Waals surface area contributed by atoms with Crippen LogP contribution in [0.3, 0.4) is 0 Å². The van der Waals surface area contributed by atoms with Gasteiger partial charge in [-0.15, -0.1) is 0 Å². The van der Waals surface area contributed by atoms with E-state index in [1.165, 1.54) is 6.07 Å². The van der Waals surface area contributed by atoms with Gasteiger partial charge in [0.25, 0.3) is 5.91 Å². The van der Waals surface area contributed by atoms with Crippen LogP contribution in [0.15, 0.2) is 42.7 Å². The molecule has 0 bridgehead atoms. The van der Waals surface area contributed by atoms with Crippen molar-refractivity contribution in [2.24, 2.45) is 0 Å². The minimum atomic E-state index is -0.555. The minimum absolute atomic E-state index is 0.117. The molecule has 6 heteroatoms. The topological polar surface area (TPSA) is 68.3 Å². The summed E-state index contributed by atoms with van der Waals surface area (Å²) < 4.78 is 20.1. The van der Waals surface area contributed by atoms with Crippen molar-refractivity contribution < 1.29 is 18.7 Å². The monoisotopic (exact) mass is 434 g/mol. The molecule has 1 saturated carbocycles. The Morgan fingerprint density at radius 2 is 1.91 bits per heavy atom. The van der Waals surface area contributed by atoms with Gasteiger partial charge in [0.2, 0.25) is 0 Å². The van der Waals surface area contributed by atoms with Crippen LogP contribution in [0, 0.1) is 12.7 Å². The van der Waals surface area contributed by atoms with Gasteiger partial charge >= 0.3 is 5.97 Å². The third kappa shape index (κ3) is 4.96. The number of fused-ring (bicyclic) bond motifs is 1. The van der Waals surface area contributed by atoms with Crippen LogP contribution < -0.4 is 5.32 Å². The largest absolute Gasteiger partial charge is 0.460 e. The number of rotatable bonds is 5. The van der Waals surface area contributed by atoms with Crippen molar-refractivity contribution in [1.82, 2.24) is 10.3 Å². The molecular weight excluding hydrogens is 407 g/mol. The molecule has 1 heterocycles. The van der Waals surface area contributed by atoms with Gasteiger partial charge in [0.15, 0.2) is 0 Å². The van der Waals surface area contributed by atoms with Gasteiger partial charge in [-0.2, -0.15) is 0 Å². The number of esters is 1. The molecule has 0 aliphatic heterocycles. The highest BCUT2D eigenvalue weighted by Gasteiger charge is 2.25. The number of nitrogens with zero attached hydrogens (tertiary/aromatic N) is 1. The van der Waals surface area contributed by atoms with Crippen LogP contribution >= 0.6 is 0 Å². The Morgan fingerprint density at radius 1 is 1.16 bits per heavy atom. The zero-order chi connectivity index (χ0) is 23.0. The Kier molecular flexibility index (Phi) is 5.71. The van der Waals surface area contributed by atoms with E-state index in [1.54, 1.807) is 25.4 Å². The van der Waals surface area contributed by atoms with Crippen molar-refractivity contribution in [1.29, 1.82) is 0 Å². The number of amides is 1. The van der Waals surface area contributed by atoms with E-state index in [4.69, 9.17) is 4.74 Å². The molecule has 0 radical (unpaired) electrons. The molecular formula is C26H27FN2O3. The van der Waals surface area contributed by atoms with Gasteiger partial charge in [-0.1, -0.05) is 12.1 Å². The lowest BCUT2D eigenvalue weighted by Crippen LogP contribution is -2.25. The van der Waals surface area contributed by atoms with Gasteiger partial charge in [0.1, 0.15) is 11.4 Å². The second-order valence-electron chi connectivity index (χ2n) is 9.38. The molecule has 0 spiro atoms. The third-order valence-corrected chi connectivity index (χ3v) is 5.43. The molecule has 166 valence electrons. The SMILES string of the molecule is Cc1c(F)cc(C(=O)NC2CC2)cc1-c1ccc2c(CC(=O)OC(C)(C)C)cncc2c1. The van der Waals surface area contributed by atoms with E-state index in [0.717, 1.165) is 34.7 Å². The third-order valence-electron chi connectivity index (χ3n) is 5.43. The zero-order valence-electron chi connectivity index (χ0n) is 18.8. The molecule has 1 aromatic heterocycles. The van der Waals surface area contributed by atoms with E-state index in [9.17, 15) is 14.0 Å². The maximum Gasteiger partial charge on any atom is 0.310 e. The number of nitrogens with one attached hydrogen (secondary N) is 1. The summed E-state index contributed by atoms with van der Waals surface area (Å²) in [5.74, 6) is -0.988. The fourth-order valence-electron chi connectivity index (χ4n) is 3.69. The van der Waals surface area contributed by atoms with Crippen LogP contribution in [0.1, 0.15) is 55.1 Å². The average molecular weight is 435 g/mol. The zero-order valence-corrected chi connectivity index (χ0v) is 18.8. The number of benzene rings is 2.